The fourth-order valence-electron chi connectivity index (χ4n) is 2.22. The maximum absolute atomic E-state index is 11.1. The lowest BCUT2D eigenvalue weighted by Crippen LogP contribution is -2.07. The standard InChI is InChI=1S/C15H12ClN3O2/c1-9-7-12-17-14(10-5-3-2-4-6-10)11(8-13(20)21)19(12)18-15(9)16/h2-7H,8H2,1H3,(H,20,21). The van der Waals surface area contributed by atoms with Crippen molar-refractivity contribution in [2.24, 2.45) is 0 Å². The van der Waals surface area contributed by atoms with Crippen molar-refractivity contribution in [3.8, 4) is 11.3 Å². The minimum Gasteiger partial charge on any atom is -0.481 e. The molecule has 2 aromatic heterocycles. The van der Waals surface area contributed by atoms with Crippen molar-refractivity contribution in [2.45, 2.75) is 13.3 Å². The summed E-state index contributed by atoms with van der Waals surface area (Å²) in [6.07, 6.45) is -0.169. The average Bonchev–Trinajstić information content (AvgIpc) is 2.78. The van der Waals surface area contributed by atoms with Crippen molar-refractivity contribution >= 4 is 23.2 Å². The summed E-state index contributed by atoms with van der Waals surface area (Å²) >= 11 is 6.04. The minimum absolute atomic E-state index is 0.169. The largest absolute Gasteiger partial charge is 0.481 e. The number of aromatic nitrogens is 3. The van der Waals surface area contributed by atoms with E-state index in [1.54, 1.807) is 6.07 Å². The third kappa shape index (κ3) is 2.48. The predicted molar refractivity (Wildman–Crippen MR) is 79.5 cm³/mol. The van der Waals surface area contributed by atoms with E-state index >= 15 is 0 Å². The number of hydrogen-bond donors (Lipinski definition) is 1. The molecule has 0 amide bonds. The van der Waals surface area contributed by atoms with Crippen LogP contribution in [-0.2, 0) is 11.2 Å². The molecule has 0 unspecified atom stereocenters. The maximum atomic E-state index is 11.1. The number of carbonyl (C=O) groups is 1. The van der Waals surface area contributed by atoms with Crippen LogP contribution in [0.2, 0.25) is 5.15 Å². The predicted octanol–water partition coefficient (Wildman–Crippen LogP) is 2.99. The van der Waals surface area contributed by atoms with Gasteiger partial charge in [0, 0.05) is 5.56 Å². The molecule has 0 saturated heterocycles. The molecule has 0 fully saturated rings. The van der Waals surface area contributed by atoms with Crippen LogP contribution >= 0.6 is 11.6 Å². The van der Waals surface area contributed by atoms with Gasteiger partial charge in [-0.2, -0.15) is 5.10 Å². The fourth-order valence-corrected chi connectivity index (χ4v) is 2.35. The van der Waals surface area contributed by atoms with E-state index in [-0.39, 0.29) is 6.42 Å². The van der Waals surface area contributed by atoms with E-state index in [0.717, 1.165) is 11.1 Å². The van der Waals surface area contributed by atoms with Gasteiger partial charge in [0.25, 0.3) is 0 Å². The number of fused-ring (bicyclic) bond motifs is 1. The zero-order valence-electron chi connectivity index (χ0n) is 11.2. The van der Waals surface area contributed by atoms with E-state index in [4.69, 9.17) is 16.7 Å². The quantitative estimate of drug-likeness (QED) is 0.807. The van der Waals surface area contributed by atoms with Gasteiger partial charge in [-0.25, -0.2) is 9.50 Å². The van der Waals surface area contributed by atoms with Gasteiger partial charge in [0.2, 0.25) is 0 Å². The number of halogens is 1. The van der Waals surface area contributed by atoms with Crippen molar-refractivity contribution < 1.29 is 9.90 Å². The summed E-state index contributed by atoms with van der Waals surface area (Å²) in [6, 6.07) is 11.2. The second-order valence-corrected chi connectivity index (χ2v) is 5.09. The van der Waals surface area contributed by atoms with Crippen molar-refractivity contribution in [3.05, 3.63) is 52.8 Å². The molecule has 0 aliphatic carbocycles. The Labute approximate surface area is 125 Å². The molecule has 2 heterocycles. The fraction of sp³-hybridized carbons (Fsp3) is 0.133. The average molecular weight is 302 g/mol. The van der Waals surface area contributed by atoms with E-state index in [2.05, 4.69) is 10.1 Å². The molecule has 6 heteroatoms. The Morgan fingerprint density at radius 1 is 1.33 bits per heavy atom. The maximum Gasteiger partial charge on any atom is 0.309 e. The van der Waals surface area contributed by atoms with E-state index < -0.39 is 5.97 Å². The van der Waals surface area contributed by atoms with Crippen LogP contribution in [-0.4, -0.2) is 25.7 Å². The Hall–Kier alpha value is -2.40. The van der Waals surface area contributed by atoms with E-state index in [9.17, 15) is 4.79 Å². The molecule has 106 valence electrons. The van der Waals surface area contributed by atoms with E-state index in [1.807, 2.05) is 37.3 Å². The van der Waals surface area contributed by atoms with Gasteiger partial charge in [0.15, 0.2) is 10.8 Å². The number of benzene rings is 1. The summed E-state index contributed by atoms with van der Waals surface area (Å²) in [6.45, 7) is 1.84. The first kappa shape index (κ1) is 13.6. The molecule has 1 aromatic carbocycles. The van der Waals surface area contributed by atoms with Crippen molar-refractivity contribution in [1.29, 1.82) is 0 Å². The lowest BCUT2D eigenvalue weighted by Gasteiger charge is -2.03. The van der Waals surface area contributed by atoms with Crippen molar-refractivity contribution in [1.82, 2.24) is 14.6 Å². The number of aryl methyl sites for hydroxylation is 1. The zero-order chi connectivity index (χ0) is 15.0. The third-order valence-electron chi connectivity index (χ3n) is 3.20. The van der Waals surface area contributed by atoms with Gasteiger partial charge < -0.3 is 5.11 Å². The molecule has 0 radical (unpaired) electrons. The molecule has 0 aliphatic heterocycles. The lowest BCUT2D eigenvalue weighted by molar-refractivity contribution is -0.136. The molecule has 5 nitrogen and oxygen atoms in total. The van der Waals surface area contributed by atoms with Gasteiger partial charge in [-0.1, -0.05) is 41.9 Å². The summed E-state index contributed by atoms with van der Waals surface area (Å²) in [7, 11) is 0. The lowest BCUT2D eigenvalue weighted by atomic mass is 10.1. The highest BCUT2D eigenvalue weighted by Gasteiger charge is 2.18. The first-order valence-electron chi connectivity index (χ1n) is 6.38. The molecule has 0 spiro atoms. The summed E-state index contributed by atoms with van der Waals surface area (Å²) < 4.78 is 1.51. The SMILES string of the molecule is Cc1cc2nc(-c3ccccc3)c(CC(=O)O)n2nc1Cl. The third-order valence-corrected chi connectivity index (χ3v) is 3.57. The molecule has 0 bridgehead atoms. The first-order valence-corrected chi connectivity index (χ1v) is 6.76. The zero-order valence-corrected chi connectivity index (χ0v) is 12.0. The van der Waals surface area contributed by atoms with Crippen LogP contribution in [0.3, 0.4) is 0 Å². The van der Waals surface area contributed by atoms with Crippen LogP contribution in [0.1, 0.15) is 11.3 Å². The Morgan fingerprint density at radius 3 is 2.71 bits per heavy atom. The van der Waals surface area contributed by atoms with Crippen molar-refractivity contribution in [2.75, 3.05) is 0 Å². The molecule has 1 N–H and O–H groups in total. The smallest absolute Gasteiger partial charge is 0.309 e. The van der Waals surface area contributed by atoms with Crippen LogP contribution in [0.15, 0.2) is 36.4 Å². The second-order valence-electron chi connectivity index (χ2n) is 4.73. The van der Waals surface area contributed by atoms with E-state index in [0.29, 0.717) is 22.2 Å². The second kappa shape index (κ2) is 5.18. The molecule has 3 aromatic rings. The van der Waals surface area contributed by atoms with Crippen LogP contribution in [0.4, 0.5) is 0 Å². The molecular weight excluding hydrogens is 290 g/mol. The van der Waals surface area contributed by atoms with E-state index in [1.165, 1.54) is 4.52 Å². The van der Waals surface area contributed by atoms with Crippen LogP contribution in [0.25, 0.3) is 16.9 Å². The van der Waals surface area contributed by atoms with Crippen molar-refractivity contribution in [3.63, 3.8) is 0 Å². The molecule has 0 saturated carbocycles. The van der Waals surface area contributed by atoms with Gasteiger partial charge in [0.05, 0.1) is 17.8 Å². The van der Waals surface area contributed by atoms with Gasteiger partial charge >= 0.3 is 5.97 Å². The highest BCUT2D eigenvalue weighted by molar-refractivity contribution is 6.30. The van der Waals surface area contributed by atoms with Crippen LogP contribution < -0.4 is 0 Å². The molecule has 0 atom stereocenters. The van der Waals surface area contributed by atoms with Crippen LogP contribution in [0, 0.1) is 6.92 Å². The topological polar surface area (TPSA) is 67.5 Å². The number of aliphatic carboxylic acids is 1. The molecule has 21 heavy (non-hydrogen) atoms. The number of imidazole rings is 1. The Kier molecular flexibility index (Phi) is 3.35. The highest BCUT2D eigenvalue weighted by atomic mass is 35.5. The van der Waals surface area contributed by atoms with Gasteiger partial charge in [-0.3, -0.25) is 4.79 Å². The number of carboxylic acids is 1. The minimum atomic E-state index is -0.938. The Bertz CT molecular complexity index is 828. The van der Waals surface area contributed by atoms with Crippen LogP contribution in [0.5, 0.6) is 0 Å². The van der Waals surface area contributed by atoms with Gasteiger partial charge in [-0.15, -0.1) is 0 Å². The summed E-state index contributed by atoms with van der Waals surface area (Å²) in [5.74, 6) is -0.938. The van der Waals surface area contributed by atoms with Gasteiger partial charge in [-0.05, 0) is 18.6 Å². The molecule has 3 rings (SSSR count). The summed E-state index contributed by atoms with van der Waals surface area (Å²) in [5.41, 5.74) is 3.38. The summed E-state index contributed by atoms with van der Waals surface area (Å²) in [5, 5.41) is 13.7. The monoisotopic (exact) mass is 301 g/mol. The first-order chi connectivity index (χ1) is 10.1. The van der Waals surface area contributed by atoms with Gasteiger partial charge in [0.1, 0.15) is 0 Å². The normalized spacial score (nSPS) is 11.0. The highest BCUT2D eigenvalue weighted by Crippen LogP contribution is 2.26. The Balaban J connectivity index is 2.30. The molecular formula is C15H12ClN3O2. The number of rotatable bonds is 3. The number of hydrogen-bond acceptors (Lipinski definition) is 3. The molecule has 0 aliphatic rings. The summed E-state index contributed by atoms with van der Waals surface area (Å²) in [4.78, 5) is 15.7. The number of carboxylic acid groups (broad SMARTS) is 1. The Morgan fingerprint density at radius 2 is 2.05 bits per heavy atom. The number of nitrogens with zero attached hydrogens (tertiary/aromatic N) is 3.